The van der Waals surface area contributed by atoms with E-state index in [1.807, 2.05) is 0 Å². The Kier molecular flexibility index (Phi) is 3.05. The summed E-state index contributed by atoms with van der Waals surface area (Å²) in [5, 5.41) is 0. The van der Waals surface area contributed by atoms with Crippen LogP contribution in [0.15, 0.2) is 12.1 Å². The minimum atomic E-state index is -3.03. The number of benzene rings is 1. The van der Waals surface area contributed by atoms with Crippen LogP contribution < -0.4 is 5.73 Å². The molecule has 0 aliphatic carbocycles. The number of nitrogens with two attached hydrogens (primary N) is 1. The van der Waals surface area contributed by atoms with Gasteiger partial charge >= 0.3 is 0 Å². The van der Waals surface area contributed by atoms with E-state index >= 15 is 0 Å². The third kappa shape index (κ3) is 2.01. The van der Waals surface area contributed by atoms with Crippen molar-refractivity contribution < 1.29 is 22.0 Å². The van der Waals surface area contributed by atoms with E-state index in [9.17, 15) is 22.0 Å². The molecule has 2 N–H and O–H groups in total. The second-order valence-corrected chi connectivity index (χ2v) is 2.65. The predicted octanol–water partition coefficient (Wildman–Crippen LogP) is 2.37. The molecule has 14 heavy (non-hydrogen) atoms. The highest BCUT2D eigenvalue weighted by Crippen LogP contribution is 2.23. The van der Waals surface area contributed by atoms with Crippen molar-refractivity contribution in [3.63, 3.8) is 0 Å². The van der Waals surface area contributed by atoms with Crippen LogP contribution in [0.3, 0.4) is 0 Å². The minimum Gasteiger partial charge on any atom is -0.319 e. The first kappa shape index (κ1) is 10.9. The molecule has 0 radical (unpaired) electrons. The zero-order chi connectivity index (χ0) is 10.9. The van der Waals surface area contributed by atoms with Gasteiger partial charge in [-0.2, -0.15) is 0 Å². The van der Waals surface area contributed by atoms with Crippen LogP contribution in [-0.2, 0) is 0 Å². The van der Waals surface area contributed by atoms with Gasteiger partial charge < -0.3 is 5.73 Å². The third-order valence-corrected chi connectivity index (χ3v) is 1.67. The molecule has 78 valence electrons. The Balaban J connectivity index is 3.15. The first-order chi connectivity index (χ1) is 6.43. The lowest BCUT2D eigenvalue weighted by atomic mass is 10.1. The standard InChI is InChI=1S/C8H6F5N/c9-4-2-6(11)5(10)1-3(4)7(14)8(12)13/h1-2,7-8H,14H2/t7-/m0/s1. The van der Waals surface area contributed by atoms with Gasteiger partial charge in [0.05, 0.1) is 6.04 Å². The molecule has 0 fully saturated rings. The van der Waals surface area contributed by atoms with Crippen molar-refractivity contribution >= 4 is 0 Å². The molecule has 1 aromatic carbocycles. The van der Waals surface area contributed by atoms with E-state index in [1.54, 1.807) is 0 Å². The Morgan fingerprint density at radius 2 is 1.43 bits per heavy atom. The number of halogens is 5. The van der Waals surface area contributed by atoms with Gasteiger partial charge in [-0.15, -0.1) is 0 Å². The van der Waals surface area contributed by atoms with Crippen molar-refractivity contribution in [3.8, 4) is 0 Å². The molecule has 6 heteroatoms. The smallest absolute Gasteiger partial charge is 0.257 e. The van der Waals surface area contributed by atoms with E-state index in [-0.39, 0.29) is 6.07 Å². The first-order valence-electron chi connectivity index (χ1n) is 3.61. The molecule has 0 heterocycles. The summed E-state index contributed by atoms with van der Waals surface area (Å²) in [5.74, 6) is -4.12. The number of hydrogen-bond donors (Lipinski definition) is 1. The van der Waals surface area contributed by atoms with Crippen LogP contribution >= 0.6 is 0 Å². The zero-order valence-electron chi connectivity index (χ0n) is 6.78. The van der Waals surface area contributed by atoms with Crippen molar-refractivity contribution in [2.45, 2.75) is 12.5 Å². The average Bonchev–Trinajstić information content (AvgIpc) is 2.10. The van der Waals surface area contributed by atoms with Crippen LogP contribution in [0.5, 0.6) is 0 Å². The third-order valence-electron chi connectivity index (χ3n) is 1.67. The normalized spacial score (nSPS) is 13.4. The fourth-order valence-corrected chi connectivity index (χ4v) is 0.929. The van der Waals surface area contributed by atoms with Crippen LogP contribution in [0, 0.1) is 17.5 Å². The lowest BCUT2D eigenvalue weighted by Gasteiger charge is -2.11. The number of alkyl halides is 2. The van der Waals surface area contributed by atoms with Crippen LogP contribution in [0.25, 0.3) is 0 Å². The van der Waals surface area contributed by atoms with Gasteiger partial charge in [0, 0.05) is 11.6 Å². The summed E-state index contributed by atoms with van der Waals surface area (Å²) in [6.07, 6.45) is -3.03. The Labute approximate surface area is 76.3 Å². The van der Waals surface area contributed by atoms with Crippen LogP contribution in [0.4, 0.5) is 22.0 Å². The molecule has 0 unspecified atom stereocenters. The van der Waals surface area contributed by atoms with E-state index in [4.69, 9.17) is 5.73 Å². The molecule has 0 aliphatic heterocycles. The molecule has 1 nitrogen and oxygen atoms in total. The maximum absolute atomic E-state index is 12.8. The number of hydrogen-bond acceptors (Lipinski definition) is 1. The van der Waals surface area contributed by atoms with Crippen LogP contribution in [0.2, 0.25) is 0 Å². The largest absolute Gasteiger partial charge is 0.319 e. The molecule has 0 saturated carbocycles. The van der Waals surface area contributed by atoms with E-state index in [2.05, 4.69) is 0 Å². The molecule has 1 atom stereocenters. The second kappa shape index (κ2) is 3.91. The van der Waals surface area contributed by atoms with Gasteiger partial charge in [-0.3, -0.25) is 0 Å². The van der Waals surface area contributed by atoms with Crippen LogP contribution in [0.1, 0.15) is 11.6 Å². The Bertz CT molecular complexity index is 339. The highest BCUT2D eigenvalue weighted by Gasteiger charge is 2.22. The lowest BCUT2D eigenvalue weighted by molar-refractivity contribution is 0.114. The van der Waals surface area contributed by atoms with Gasteiger partial charge in [0.15, 0.2) is 11.6 Å². The molecule has 0 aliphatic rings. The topological polar surface area (TPSA) is 26.0 Å². The van der Waals surface area contributed by atoms with Gasteiger partial charge in [-0.25, -0.2) is 22.0 Å². The van der Waals surface area contributed by atoms with Crippen molar-refractivity contribution in [1.82, 2.24) is 0 Å². The fourth-order valence-electron chi connectivity index (χ4n) is 0.929. The maximum atomic E-state index is 12.8. The monoisotopic (exact) mass is 211 g/mol. The van der Waals surface area contributed by atoms with Crippen molar-refractivity contribution in [1.29, 1.82) is 0 Å². The quantitative estimate of drug-likeness (QED) is 0.589. The average molecular weight is 211 g/mol. The summed E-state index contributed by atoms with van der Waals surface area (Å²) in [5.41, 5.74) is 4.14. The second-order valence-electron chi connectivity index (χ2n) is 2.65. The Hall–Kier alpha value is -1.17. The molecule has 1 rings (SSSR count). The van der Waals surface area contributed by atoms with Crippen LogP contribution in [-0.4, -0.2) is 6.43 Å². The zero-order valence-corrected chi connectivity index (χ0v) is 6.78. The molecular formula is C8H6F5N. The summed E-state index contributed by atoms with van der Waals surface area (Å²) in [4.78, 5) is 0. The molecule has 0 spiro atoms. The highest BCUT2D eigenvalue weighted by atomic mass is 19.3. The Morgan fingerprint density at radius 1 is 0.929 bits per heavy atom. The summed E-state index contributed by atoms with van der Waals surface area (Å²) in [6, 6.07) is -1.43. The first-order valence-corrected chi connectivity index (χ1v) is 3.61. The van der Waals surface area contributed by atoms with Crippen molar-refractivity contribution in [2.75, 3.05) is 0 Å². The van der Waals surface area contributed by atoms with E-state index in [0.29, 0.717) is 6.07 Å². The molecular weight excluding hydrogens is 205 g/mol. The molecule has 0 amide bonds. The van der Waals surface area contributed by atoms with E-state index in [1.165, 1.54) is 0 Å². The van der Waals surface area contributed by atoms with Crippen molar-refractivity contribution in [2.24, 2.45) is 5.73 Å². The summed E-state index contributed by atoms with van der Waals surface area (Å²) in [7, 11) is 0. The summed E-state index contributed by atoms with van der Waals surface area (Å²) >= 11 is 0. The van der Waals surface area contributed by atoms with Gasteiger partial charge in [-0.05, 0) is 6.07 Å². The maximum Gasteiger partial charge on any atom is 0.257 e. The molecule has 0 bridgehead atoms. The predicted molar refractivity (Wildman–Crippen MR) is 39.2 cm³/mol. The Morgan fingerprint density at radius 3 is 1.93 bits per heavy atom. The van der Waals surface area contributed by atoms with Gasteiger partial charge in [0.1, 0.15) is 5.82 Å². The summed E-state index contributed by atoms with van der Waals surface area (Å²) < 4.78 is 61.8. The summed E-state index contributed by atoms with van der Waals surface area (Å²) in [6.45, 7) is 0. The van der Waals surface area contributed by atoms with E-state index in [0.717, 1.165) is 0 Å². The van der Waals surface area contributed by atoms with Gasteiger partial charge in [0.25, 0.3) is 6.43 Å². The highest BCUT2D eigenvalue weighted by molar-refractivity contribution is 5.23. The molecule has 1 aromatic rings. The number of rotatable bonds is 2. The molecule has 0 saturated heterocycles. The fraction of sp³-hybridized carbons (Fsp3) is 0.250. The van der Waals surface area contributed by atoms with Gasteiger partial charge in [0.2, 0.25) is 0 Å². The van der Waals surface area contributed by atoms with Gasteiger partial charge in [-0.1, -0.05) is 0 Å². The van der Waals surface area contributed by atoms with Crippen molar-refractivity contribution in [3.05, 3.63) is 35.1 Å². The van der Waals surface area contributed by atoms with E-state index < -0.39 is 35.5 Å². The minimum absolute atomic E-state index is 0.187. The lowest BCUT2D eigenvalue weighted by Crippen LogP contribution is -2.20. The molecule has 0 aromatic heterocycles. The SMILES string of the molecule is N[C@@H](c1cc(F)c(F)cc1F)C(F)F.